The molecule has 2 rings (SSSR count). The van der Waals surface area contributed by atoms with Crippen molar-refractivity contribution in [2.75, 3.05) is 40.4 Å². The van der Waals surface area contributed by atoms with E-state index in [9.17, 15) is 4.79 Å². The van der Waals surface area contributed by atoms with Crippen molar-refractivity contribution in [1.82, 2.24) is 10.2 Å². The smallest absolute Gasteiger partial charge is 0.254 e. The third kappa shape index (κ3) is 3.50. The van der Waals surface area contributed by atoms with Gasteiger partial charge in [0.15, 0.2) is 0 Å². The number of halogens is 1. The fraction of sp³-hybridized carbons (Fsp3) is 0.500. The number of hydrogen-bond acceptors (Lipinski definition) is 4. The Morgan fingerprint density at radius 2 is 2.40 bits per heavy atom. The molecule has 1 N–H and O–H groups in total. The maximum atomic E-state index is 12.5. The van der Waals surface area contributed by atoms with Crippen molar-refractivity contribution in [3.63, 3.8) is 0 Å². The SMILES string of the molecule is CNCC1CN(C(=O)c2ccc(OC)c(Br)c2)CCO1. The molecule has 1 unspecified atom stereocenters. The summed E-state index contributed by atoms with van der Waals surface area (Å²) in [5.74, 6) is 0.745. The van der Waals surface area contributed by atoms with Gasteiger partial charge in [-0.1, -0.05) is 0 Å². The standard InChI is InChI=1S/C14H19BrN2O3/c1-16-8-11-9-17(5-6-20-11)14(18)10-3-4-13(19-2)12(15)7-10/h3-4,7,11,16H,5-6,8-9H2,1-2H3. The van der Waals surface area contributed by atoms with Crippen molar-refractivity contribution >= 4 is 21.8 Å². The first-order valence-electron chi connectivity index (χ1n) is 6.54. The van der Waals surface area contributed by atoms with Gasteiger partial charge < -0.3 is 19.7 Å². The molecule has 0 aliphatic carbocycles. The van der Waals surface area contributed by atoms with Crippen LogP contribution in [0.15, 0.2) is 22.7 Å². The zero-order valence-corrected chi connectivity index (χ0v) is 13.3. The van der Waals surface area contributed by atoms with E-state index < -0.39 is 0 Å². The van der Waals surface area contributed by atoms with Gasteiger partial charge in [0.2, 0.25) is 0 Å². The summed E-state index contributed by atoms with van der Waals surface area (Å²) in [6.07, 6.45) is 0.0550. The molecule has 0 saturated carbocycles. The second-order valence-electron chi connectivity index (χ2n) is 4.65. The van der Waals surface area contributed by atoms with Gasteiger partial charge in [-0.25, -0.2) is 0 Å². The maximum Gasteiger partial charge on any atom is 0.254 e. The summed E-state index contributed by atoms with van der Waals surface area (Å²) < 4.78 is 11.6. The summed E-state index contributed by atoms with van der Waals surface area (Å²) in [7, 11) is 3.48. The van der Waals surface area contributed by atoms with Gasteiger partial charge in [0.1, 0.15) is 5.75 Å². The van der Waals surface area contributed by atoms with E-state index in [2.05, 4.69) is 21.2 Å². The molecule has 1 aromatic carbocycles. The van der Waals surface area contributed by atoms with E-state index >= 15 is 0 Å². The molecule has 6 heteroatoms. The van der Waals surface area contributed by atoms with Crippen molar-refractivity contribution in [2.24, 2.45) is 0 Å². The third-order valence-electron chi connectivity index (χ3n) is 3.26. The predicted molar refractivity (Wildman–Crippen MR) is 80.3 cm³/mol. The van der Waals surface area contributed by atoms with E-state index in [1.165, 1.54) is 0 Å². The highest BCUT2D eigenvalue weighted by molar-refractivity contribution is 9.10. The second-order valence-corrected chi connectivity index (χ2v) is 5.51. The van der Waals surface area contributed by atoms with Crippen LogP contribution in [0.2, 0.25) is 0 Å². The quantitative estimate of drug-likeness (QED) is 0.901. The van der Waals surface area contributed by atoms with Gasteiger partial charge in [0.25, 0.3) is 5.91 Å². The molecule has 0 radical (unpaired) electrons. The summed E-state index contributed by atoms with van der Waals surface area (Å²) >= 11 is 3.41. The summed E-state index contributed by atoms with van der Waals surface area (Å²) in [5, 5.41) is 3.07. The average Bonchev–Trinajstić information content (AvgIpc) is 2.47. The number of carbonyl (C=O) groups is 1. The number of rotatable bonds is 4. The molecule has 0 bridgehead atoms. The van der Waals surface area contributed by atoms with E-state index in [0.717, 1.165) is 16.8 Å². The van der Waals surface area contributed by atoms with E-state index in [0.29, 0.717) is 25.3 Å². The minimum Gasteiger partial charge on any atom is -0.496 e. The number of methoxy groups -OCH3 is 1. The summed E-state index contributed by atoms with van der Waals surface area (Å²) in [6, 6.07) is 5.38. The van der Waals surface area contributed by atoms with Crippen molar-refractivity contribution in [3.05, 3.63) is 28.2 Å². The van der Waals surface area contributed by atoms with Crippen molar-refractivity contribution in [2.45, 2.75) is 6.10 Å². The highest BCUT2D eigenvalue weighted by Gasteiger charge is 2.24. The Bertz CT molecular complexity index is 479. The Hall–Kier alpha value is -1.11. The van der Waals surface area contributed by atoms with Crippen LogP contribution in [-0.2, 0) is 4.74 Å². The van der Waals surface area contributed by atoms with E-state index in [1.54, 1.807) is 25.3 Å². The number of ether oxygens (including phenoxy) is 2. The molecule has 1 atom stereocenters. The van der Waals surface area contributed by atoms with Crippen LogP contribution in [0.4, 0.5) is 0 Å². The lowest BCUT2D eigenvalue weighted by atomic mass is 10.1. The zero-order valence-electron chi connectivity index (χ0n) is 11.7. The molecule has 0 aromatic heterocycles. The molecule has 110 valence electrons. The fourth-order valence-electron chi connectivity index (χ4n) is 2.24. The van der Waals surface area contributed by atoms with E-state index in [-0.39, 0.29) is 12.0 Å². The highest BCUT2D eigenvalue weighted by atomic mass is 79.9. The summed E-state index contributed by atoms with van der Waals surface area (Å²) in [4.78, 5) is 14.3. The Kier molecular flexibility index (Phi) is 5.39. The minimum atomic E-state index is 0.0257. The molecule has 1 heterocycles. The van der Waals surface area contributed by atoms with Crippen LogP contribution in [0.25, 0.3) is 0 Å². The van der Waals surface area contributed by atoms with Gasteiger partial charge in [-0.3, -0.25) is 4.79 Å². The lowest BCUT2D eigenvalue weighted by Crippen LogP contribution is -2.48. The van der Waals surface area contributed by atoms with Gasteiger partial charge >= 0.3 is 0 Å². The number of amides is 1. The monoisotopic (exact) mass is 342 g/mol. The first kappa shape index (κ1) is 15.3. The van der Waals surface area contributed by atoms with Crippen LogP contribution in [0.1, 0.15) is 10.4 Å². The van der Waals surface area contributed by atoms with Crippen LogP contribution in [0.5, 0.6) is 5.75 Å². The summed E-state index contributed by atoms with van der Waals surface area (Å²) in [6.45, 7) is 2.57. The largest absolute Gasteiger partial charge is 0.496 e. The lowest BCUT2D eigenvalue weighted by Gasteiger charge is -2.33. The lowest BCUT2D eigenvalue weighted by molar-refractivity contribution is -0.0196. The molecule has 0 spiro atoms. The van der Waals surface area contributed by atoms with Gasteiger partial charge in [-0.15, -0.1) is 0 Å². The van der Waals surface area contributed by atoms with Crippen LogP contribution in [0, 0.1) is 0 Å². The number of hydrogen-bond donors (Lipinski definition) is 1. The molecule has 5 nitrogen and oxygen atoms in total. The number of likely N-dealkylation sites (N-methyl/N-ethyl adjacent to an activating group) is 1. The number of carbonyl (C=O) groups excluding carboxylic acids is 1. The van der Waals surface area contributed by atoms with Crippen LogP contribution < -0.4 is 10.1 Å². The molecule has 1 saturated heterocycles. The van der Waals surface area contributed by atoms with Crippen LogP contribution in [-0.4, -0.2) is 57.3 Å². The number of nitrogens with zero attached hydrogens (tertiary/aromatic N) is 1. The van der Waals surface area contributed by atoms with Gasteiger partial charge in [-0.2, -0.15) is 0 Å². The zero-order chi connectivity index (χ0) is 14.5. The number of benzene rings is 1. The Morgan fingerprint density at radius 1 is 1.60 bits per heavy atom. The van der Waals surface area contributed by atoms with Gasteiger partial charge in [-0.05, 0) is 41.2 Å². The Balaban J connectivity index is 2.08. The normalized spacial score (nSPS) is 18.9. The van der Waals surface area contributed by atoms with Gasteiger partial charge in [0.05, 0.1) is 24.3 Å². The molecular formula is C14H19BrN2O3. The molecule has 1 amide bonds. The predicted octanol–water partition coefficient (Wildman–Crippen LogP) is 1.52. The van der Waals surface area contributed by atoms with Crippen molar-refractivity contribution in [3.8, 4) is 5.75 Å². The molecule has 1 aliphatic rings. The molecule has 20 heavy (non-hydrogen) atoms. The average molecular weight is 343 g/mol. The molecular weight excluding hydrogens is 324 g/mol. The molecule has 1 aromatic rings. The first-order valence-corrected chi connectivity index (χ1v) is 7.34. The Morgan fingerprint density at radius 3 is 3.05 bits per heavy atom. The fourth-order valence-corrected chi connectivity index (χ4v) is 2.78. The topological polar surface area (TPSA) is 50.8 Å². The highest BCUT2D eigenvalue weighted by Crippen LogP contribution is 2.26. The van der Waals surface area contributed by atoms with Crippen molar-refractivity contribution < 1.29 is 14.3 Å². The molecule has 1 fully saturated rings. The maximum absolute atomic E-state index is 12.5. The van der Waals surface area contributed by atoms with E-state index in [4.69, 9.17) is 9.47 Å². The van der Waals surface area contributed by atoms with Crippen LogP contribution >= 0.6 is 15.9 Å². The Labute approximate surface area is 127 Å². The van der Waals surface area contributed by atoms with Crippen LogP contribution in [0.3, 0.4) is 0 Å². The number of nitrogens with one attached hydrogen (secondary N) is 1. The van der Waals surface area contributed by atoms with E-state index in [1.807, 2.05) is 11.9 Å². The van der Waals surface area contributed by atoms with Crippen molar-refractivity contribution in [1.29, 1.82) is 0 Å². The first-order chi connectivity index (χ1) is 9.65. The van der Waals surface area contributed by atoms with Gasteiger partial charge in [0, 0.05) is 25.2 Å². The number of morpholine rings is 1. The second kappa shape index (κ2) is 7.06. The minimum absolute atomic E-state index is 0.0257. The summed E-state index contributed by atoms with van der Waals surface area (Å²) in [5.41, 5.74) is 0.655. The molecule has 1 aliphatic heterocycles. The third-order valence-corrected chi connectivity index (χ3v) is 3.88.